The number of hydrogen-bond donors (Lipinski definition) is 0. The van der Waals surface area contributed by atoms with Gasteiger partial charge in [0.05, 0.1) is 12.5 Å². The summed E-state index contributed by atoms with van der Waals surface area (Å²) >= 11 is 0. The predicted octanol–water partition coefficient (Wildman–Crippen LogP) is 12.7. The lowest BCUT2D eigenvalue weighted by Crippen LogP contribution is -2.26. The Kier molecular flexibility index (Phi) is 9.37. The molecule has 1 aliphatic carbocycles. The molecular weight excluding hydrogens is 669 g/mol. The third kappa shape index (κ3) is 6.50. The van der Waals surface area contributed by atoms with Crippen molar-refractivity contribution in [2.24, 2.45) is 5.92 Å². The minimum Gasteiger partial charge on any atom is -0.497 e. The molecule has 2 heterocycles. The smallest absolute Gasteiger partial charge is 0.209 e. The molecule has 55 heavy (non-hydrogen) atoms. The Labute approximate surface area is 328 Å². The van der Waals surface area contributed by atoms with Gasteiger partial charge < -0.3 is 9.64 Å². The highest BCUT2D eigenvalue weighted by atomic mass is 16.5. The first-order valence-electron chi connectivity index (χ1n) is 19.7. The second-order valence-electron chi connectivity index (χ2n) is 16.7. The second-order valence-corrected chi connectivity index (χ2v) is 16.7. The van der Waals surface area contributed by atoms with Crippen LogP contribution in [0.2, 0.25) is 0 Å². The van der Waals surface area contributed by atoms with Crippen molar-refractivity contribution in [2.45, 2.75) is 58.3 Å². The molecule has 3 nitrogen and oxygen atoms in total. The van der Waals surface area contributed by atoms with Gasteiger partial charge in [-0.2, -0.15) is 4.58 Å². The third-order valence-electron chi connectivity index (χ3n) is 12.3. The van der Waals surface area contributed by atoms with Crippen LogP contribution < -0.4 is 9.64 Å². The van der Waals surface area contributed by atoms with Gasteiger partial charge >= 0.3 is 0 Å². The van der Waals surface area contributed by atoms with Crippen molar-refractivity contribution in [3.8, 4) is 28.0 Å². The van der Waals surface area contributed by atoms with Gasteiger partial charge in [-0.25, -0.2) is 0 Å². The van der Waals surface area contributed by atoms with Crippen molar-refractivity contribution < 1.29 is 9.31 Å². The molecule has 5 aromatic carbocycles. The summed E-state index contributed by atoms with van der Waals surface area (Å²) < 4.78 is 7.98. The number of likely N-dealkylation sites (N-methyl/N-ethyl adjacent to an activating group) is 1. The Hall–Kier alpha value is -5.67. The van der Waals surface area contributed by atoms with Crippen LogP contribution in [0, 0.1) is 5.92 Å². The summed E-state index contributed by atoms with van der Waals surface area (Å²) in [5.74, 6) is 1.38. The Morgan fingerprint density at radius 1 is 0.655 bits per heavy atom. The number of allylic oxidation sites excluding steroid dienone is 8. The van der Waals surface area contributed by atoms with Crippen molar-refractivity contribution in [2.75, 3.05) is 26.1 Å². The molecule has 0 fully saturated rings. The van der Waals surface area contributed by atoms with E-state index in [1.54, 1.807) is 7.11 Å². The number of benzene rings is 5. The van der Waals surface area contributed by atoms with Crippen LogP contribution in [0.15, 0.2) is 162 Å². The molecule has 0 saturated heterocycles. The van der Waals surface area contributed by atoms with E-state index >= 15 is 0 Å². The molecule has 0 amide bonds. The molecule has 2 aliphatic heterocycles. The van der Waals surface area contributed by atoms with Crippen LogP contribution in [0.1, 0.15) is 64.2 Å². The van der Waals surface area contributed by atoms with Gasteiger partial charge in [0.2, 0.25) is 5.69 Å². The summed E-state index contributed by atoms with van der Waals surface area (Å²) in [5, 5.41) is 0. The van der Waals surface area contributed by atoms with E-state index in [1.807, 2.05) is 0 Å². The van der Waals surface area contributed by atoms with Crippen LogP contribution in [0.3, 0.4) is 0 Å². The number of ether oxygens (including phenoxy) is 1. The summed E-state index contributed by atoms with van der Waals surface area (Å²) in [6, 6.07) is 44.0. The van der Waals surface area contributed by atoms with Gasteiger partial charge in [-0.3, -0.25) is 0 Å². The summed E-state index contributed by atoms with van der Waals surface area (Å²) in [6.07, 6.45) is 11.7. The molecule has 3 aliphatic rings. The quantitative estimate of drug-likeness (QED) is 0.156. The minimum absolute atomic E-state index is 0.149. The molecule has 0 radical (unpaired) electrons. The highest BCUT2D eigenvalue weighted by Gasteiger charge is 2.43. The largest absolute Gasteiger partial charge is 0.497 e. The van der Waals surface area contributed by atoms with Gasteiger partial charge in [0, 0.05) is 41.6 Å². The summed E-state index contributed by atoms with van der Waals surface area (Å²) in [5.41, 5.74) is 17.9. The molecule has 0 aromatic heterocycles. The van der Waals surface area contributed by atoms with Crippen LogP contribution >= 0.6 is 0 Å². The van der Waals surface area contributed by atoms with E-state index in [2.05, 4.69) is 204 Å². The number of nitrogens with zero attached hydrogens (tertiary/aromatic N) is 2. The molecular formula is C52H53N2O+. The molecule has 0 spiro atoms. The number of anilines is 1. The Morgan fingerprint density at radius 2 is 1.25 bits per heavy atom. The fourth-order valence-corrected chi connectivity index (χ4v) is 9.32. The maximum atomic E-state index is 5.59. The summed E-state index contributed by atoms with van der Waals surface area (Å²) in [7, 11) is 6.17. The first-order valence-corrected chi connectivity index (χ1v) is 19.7. The van der Waals surface area contributed by atoms with Crippen molar-refractivity contribution in [1.82, 2.24) is 0 Å². The maximum absolute atomic E-state index is 5.59. The van der Waals surface area contributed by atoms with Gasteiger partial charge in [-0.05, 0) is 125 Å². The third-order valence-corrected chi connectivity index (χ3v) is 12.3. The molecule has 5 aromatic rings. The fourth-order valence-electron chi connectivity index (χ4n) is 9.32. The van der Waals surface area contributed by atoms with Crippen LogP contribution in [0.5, 0.6) is 5.75 Å². The van der Waals surface area contributed by atoms with Gasteiger partial charge in [0.1, 0.15) is 12.8 Å². The molecule has 1 unspecified atom stereocenters. The van der Waals surface area contributed by atoms with E-state index < -0.39 is 0 Å². The standard InChI is InChI=1S/C52H53N2O/c1-35-31-41(23-29-48-51(2,3)44-33-39(21-27-46(44)53(48)6)36-15-11-9-12-16-36)50(38-19-25-43(55-8)26-20-38)42(32-35)24-30-49-52(4,5)45-34-40(22-28-47(45)54(49)7)37-17-13-10-14-18-37/h9-30,33-35H,31-32H2,1-8H3/q+1. The van der Waals surface area contributed by atoms with E-state index in [-0.39, 0.29) is 10.8 Å². The Balaban J connectivity index is 1.19. The molecule has 0 bridgehead atoms. The topological polar surface area (TPSA) is 15.5 Å². The number of rotatable bonds is 7. The van der Waals surface area contributed by atoms with Gasteiger partial charge in [0.15, 0.2) is 5.71 Å². The van der Waals surface area contributed by atoms with Crippen molar-refractivity contribution >= 4 is 22.7 Å². The molecule has 1 atom stereocenters. The lowest BCUT2D eigenvalue weighted by Gasteiger charge is -2.28. The average molecular weight is 722 g/mol. The maximum Gasteiger partial charge on any atom is 0.209 e. The molecule has 3 heteroatoms. The minimum atomic E-state index is -0.149. The molecule has 0 N–H and O–H groups in total. The zero-order valence-electron chi connectivity index (χ0n) is 33.7. The van der Waals surface area contributed by atoms with Gasteiger partial charge in [-0.15, -0.1) is 0 Å². The van der Waals surface area contributed by atoms with Crippen molar-refractivity contribution in [3.63, 3.8) is 0 Å². The Bertz CT molecular complexity index is 2420. The van der Waals surface area contributed by atoms with E-state index in [0.717, 1.165) is 18.6 Å². The van der Waals surface area contributed by atoms with Gasteiger partial charge in [0.25, 0.3) is 0 Å². The zero-order valence-corrected chi connectivity index (χ0v) is 33.7. The number of fused-ring (bicyclic) bond motifs is 2. The molecule has 8 rings (SSSR count). The van der Waals surface area contributed by atoms with Crippen LogP contribution in [-0.2, 0) is 10.8 Å². The van der Waals surface area contributed by atoms with E-state index in [4.69, 9.17) is 4.74 Å². The van der Waals surface area contributed by atoms with E-state index in [0.29, 0.717) is 5.92 Å². The summed E-state index contributed by atoms with van der Waals surface area (Å²) in [6.45, 7) is 11.9. The predicted molar refractivity (Wildman–Crippen MR) is 233 cm³/mol. The normalized spacial score (nSPS) is 20.1. The first kappa shape index (κ1) is 36.3. The lowest BCUT2D eigenvalue weighted by atomic mass is 9.77. The average Bonchev–Trinajstić information content (AvgIpc) is 3.52. The summed E-state index contributed by atoms with van der Waals surface area (Å²) in [4.78, 5) is 2.39. The SMILES string of the molecule is COc1ccc(C2=C(/C=C/C3=[N+](C)c4ccc(-c5ccccc5)cc4C3(C)C)CC(C)C/C2=C\C=C2\N(C)c3ccc(-c4ccccc4)cc3C2(C)C)cc1. The van der Waals surface area contributed by atoms with Crippen LogP contribution in [-0.4, -0.2) is 31.5 Å². The zero-order chi connectivity index (χ0) is 38.5. The van der Waals surface area contributed by atoms with Crippen LogP contribution in [0.25, 0.3) is 27.8 Å². The van der Waals surface area contributed by atoms with Crippen LogP contribution in [0.4, 0.5) is 11.4 Å². The Morgan fingerprint density at radius 3 is 1.89 bits per heavy atom. The van der Waals surface area contributed by atoms with E-state index in [9.17, 15) is 0 Å². The molecule has 276 valence electrons. The molecule has 0 saturated carbocycles. The van der Waals surface area contributed by atoms with Crippen molar-refractivity contribution in [3.05, 3.63) is 179 Å². The first-order chi connectivity index (χ1) is 26.5. The number of hydrogen-bond acceptors (Lipinski definition) is 2. The van der Waals surface area contributed by atoms with Crippen molar-refractivity contribution in [1.29, 1.82) is 0 Å². The lowest BCUT2D eigenvalue weighted by molar-refractivity contribution is -0.401. The monoisotopic (exact) mass is 721 g/mol. The van der Waals surface area contributed by atoms with Gasteiger partial charge in [-0.1, -0.05) is 112 Å². The second kappa shape index (κ2) is 14.2. The van der Waals surface area contributed by atoms with E-state index in [1.165, 1.54) is 78.4 Å². The highest BCUT2D eigenvalue weighted by molar-refractivity contribution is 6.04. The fraction of sp³-hybridized carbons (Fsp3) is 0.250. The highest BCUT2D eigenvalue weighted by Crippen LogP contribution is 2.49. The number of methoxy groups -OCH3 is 1.